The third-order valence-electron chi connectivity index (χ3n) is 13.2. The van der Waals surface area contributed by atoms with Gasteiger partial charge in [0, 0.05) is 61.6 Å². The first-order chi connectivity index (χ1) is 31.7. The van der Waals surface area contributed by atoms with Crippen LogP contribution in [0.2, 0.25) is 0 Å². The number of hydrogen-bond acceptors (Lipinski definition) is 4. The maximum Gasteiger partial charge on any atom is 0.160 e. The molecule has 3 heterocycles. The van der Waals surface area contributed by atoms with E-state index in [1.165, 1.54) is 39.0 Å². The monoisotopic (exact) mass is 817 g/mol. The van der Waals surface area contributed by atoms with Crippen LogP contribution in [0.3, 0.4) is 0 Å². The molecular formula is C60H39N3O. The van der Waals surface area contributed by atoms with Crippen LogP contribution in [0.4, 0.5) is 22.7 Å². The number of rotatable bonds is 7. The highest BCUT2D eigenvalue weighted by Gasteiger charge is 2.38. The average molecular weight is 818 g/mol. The van der Waals surface area contributed by atoms with E-state index in [1.54, 1.807) is 0 Å². The summed E-state index contributed by atoms with van der Waals surface area (Å²) in [5, 5.41) is 3.21. The van der Waals surface area contributed by atoms with Crippen molar-refractivity contribution >= 4 is 51.4 Å². The Bertz CT molecular complexity index is 3540. The minimum atomic E-state index is -0.0704. The molecule has 8 aromatic carbocycles. The van der Waals surface area contributed by atoms with Gasteiger partial charge >= 0.3 is 0 Å². The number of allylic oxidation sites excluding steroid dienone is 2. The third kappa shape index (κ3) is 5.84. The highest BCUT2D eigenvalue weighted by molar-refractivity contribution is 6.36. The minimum Gasteiger partial charge on any atom is -0.452 e. The molecule has 9 aromatic rings. The molecule has 4 nitrogen and oxygen atoms in total. The maximum atomic E-state index is 7.12. The third-order valence-corrected chi connectivity index (χ3v) is 13.2. The SMILES string of the molecule is C1=C2C(=Nc3ccccc32)c2oc3c(c2C1c1ccccc1)=CC(c1ccc(N(c2ccc(-c4ccccc4)cc2)c2ccc(-c4ccccc4)cc2)cc1)C1=c2ccccc2=NC=31. The van der Waals surface area contributed by atoms with Gasteiger partial charge in [-0.1, -0.05) is 176 Å². The smallest absolute Gasteiger partial charge is 0.160 e. The molecule has 0 spiro atoms. The maximum absolute atomic E-state index is 7.12. The van der Waals surface area contributed by atoms with Crippen molar-refractivity contribution in [2.24, 2.45) is 9.98 Å². The molecule has 2 atom stereocenters. The molecular weight excluding hydrogens is 779 g/mol. The first kappa shape index (κ1) is 36.3. The molecule has 300 valence electrons. The lowest BCUT2D eigenvalue weighted by Crippen LogP contribution is -2.33. The Balaban J connectivity index is 0.962. The van der Waals surface area contributed by atoms with Crippen molar-refractivity contribution in [2.75, 3.05) is 4.90 Å². The fourth-order valence-electron chi connectivity index (χ4n) is 10.2. The second-order valence-electron chi connectivity index (χ2n) is 16.8. The van der Waals surface area contributed by atoms with Crippen LogP contribution in [0, 0.1) is 0 Å². The second-order valence-corrected chi connectivity index (χ2v) is 16.8. The van der Waals surface area contributed by atoms with Gasteiger partial charge in [-0.3, -0.25) is 0 Å². The van der Waals surface area contributed by atoms with Crippen molar-refractivity contribution in [1.29, 1.82) is 0 Å². The molecule has 0 amide bonds. The van der Waals surface area contributed by atoms with Crippen molar-refractivity contribution < 1.29 is 4.42 Å². The van der Waals surface area contributed by atoms with Gasteiger partial charge < -0.3 is 9.32 Å². The molecule has 0 radical (unpaired) electrons. The molecule has 2 aliphatic carbocycles. The number of benzene rings is 8. The van der Waals surface area contributed by atoms with E-state index < -0.39 is 0 Å². The van der Waals surface area contributed by atoms with E-state index in [0.29, 0.717) is 0 Å². The van der Waals surface area contributed by atoms with Crippen molar-refractivity contribution in [1.82, 2.24) is 0 Å². The molecule has 4 heteroatoms. The Morgan fingerprint density at radius 1 is 0.438 bits per heavy atom. The van der Waals surface area contributed by atoms with E-state index >= 15 is 0 Å². The number of aliphatic imine (C=N–C) groups is 1. The van der Waals surface area contributed by atoms with Crippen LogP contribution < -0.4 is 26.1 Å². The summed E-state index contributed by atoms with van der Waals surface area (Å²) in [4.78, 5) is 12.9. The summed E-state index contributed by atoms with van der Waals surface area (Å²) in [5.41, 5.74) is 18.6. The first-order valence-corrected chi connectivity index (χ1v) is 22.0. The predicted molar refractivity (Wildman–Crippen MR) is 260 cm³/mol. The van der Waals surface area contributed by atoms with Crippen molar-refractivity contribution in [3.63, 3.8) is 0 Å². The summed E-state index contributed by atoms with van der Waals surface area (Å²) in [6.45, 7) is 0. The summed E-state index contributed by atoms with van der Waals surface area (Å²) in [6.07, 6.45) is 4.83. The van der Waals surface area contributed by atoms with E-state index in [0.717, 1.165) is 77.8 Å². The van der Waals surface area contributed by atoms with Gasteiger partial charge in [0.05, 0.1) is 11.0 Å². The molecule has 1 aromatic heterocycles. The van der Waals surface area contributed by atoms with Gasteiger partial charge in [-0.05, 0) is 81.9 Å². The summed E-state index contributed by atoms with van der Waals surface area (Å²) < 4.78 is 7.12. The average Bonchev–Trinajstić information content (AvgIpc) is 4.07. The van der Waals surface area contributed by atoms with Crippen molar-refractivity contribution in [2.45, 2.75) is 11.8 Å². The zero-order valence-corrected chi connectivity index (χ0v) is 34.8. The van der Waals surface area contributed by atoms with Gasteiger partial charge in [-0.15, -0.1) is 0 Å². The van der Waals surface area contributed by atoms with Crippen molar-refractivity contribution in [3.8, 4) is 22.3 Å². The lowest BCUT2D eigenvalue weighted by Gasteiger charge is -2.27. The van der Waals surface area contributed by atoms with Gasteiger partial charge in [0.1, 0.15) is 11.4 Å². The lowest BCUT2D eigenvalue weighted by atomic mass is 9.78. The number of nitrogens with zero attached hydrogens (tertiary/aromatic N) is 3. The van der Waals surface area contributed by atoms with Crippen LogP contribution in [0.5, 0.6) is 0 Å². The van der Waals surface area contributed by atoms with E-state index in [-0.39, 0.29) is 11.8 Å². The highest BCUT2D eigenvalue weighted by Crippen LogP contribution is 2.46. The molecule has 64 heavy (non-hydrogen) atoms. The van der Waals surface area contributed by atoms with Crippen LogP contribution in [-0.4, -0.2) is 5.71 Å². The molecule has 0 N–H and O–H groups in total. The Labute approximate surface area is 370 Å². The lowest BCUT2D eigenvalue weighted by molar-refractivity contribution is 0.517. The Morgan fingerprint density at radius 3 is 1.62 bits per heavy atom. The number of hydrogen-bond donors (Lipinski definition) is 0. The van der Waals surface area contributed by atoms with Crippen LogP contribution in [0.25, 0.3) is 45.2 Å². The number of fused-ring (bicyclic) bond motifs is 9. The van der Waals surface area contributed by atoms with E-state index in [2.05, 4.69) is 229 Å². The van der Waals surface area contributed by atoms with Crippen LogP contribution in [0.15, 0.2) is 233 Å². The zero-order chi connectivity index (χ0) is 42.1. The number of furan rings is 1. The van der Waals surface area contributed by atoms with Crippen molar-refractivity contribution in [3.05, 3.63) is 268 Å². The highest BCUT2D eigenvalue weighted by atomic mass is 16.3. The minimum absolute atomic E-state index is 0.0240. The Morgan fingerprint density at radius 2 is 0.969 bits per heavy atom. The van der Waals surface area contributed by atoms with E-state index in [1.807, 2.05) is 0 Å². The normalized spacial score (nSPS) is 16.2. The van der Waals surface area contributed by atoms with Gasteiger partial charge in [0.25, 0.3) is 0 Å². The fraction of sp³-hybridized carbons (Fsp3) is 0.0333. The summed E-state index contributed by atoms with van der Waals surface area (Å²) in [6, 6.07) is 75.7. The molecule has 0 bridgehead atoms. The molecule has 2 aliphatic heterocycles. The molecule has 13 rings (SSSR count). The molecule has 4 aliphatic rings. The van der Waals surface area contributed by atoms with Gasteiger partial charge in [-0.2, -0.15) is 0 Å². The summed E-state index contributed by atoms with van der Waals surface area (Å²) in [7, 11) is 0. The Hall–Kier alpha value is -8.34. The second kappa shape index (κ2) is 14.6. The quantitative estimate of drug-likeness (QED) is 0.161. The molecule has 2 unspecified atom stereocenters. The molecule has 0 fully saturated rings. The molecule has 0 saturated heterocycles. The van der Waals surface area contributed by atoms with Gasteiger partial charge in [0.2, 0.25) is 0 Å². The molecule has 0 saturated carbocycles. The fourth-order valence-corrected chi connectivity index (χ4v) is 10.2. The summed E-state index contributed by atoms with van der Waals surface area (Å²) >= 11 is 0. The van der Waals surface area contributed by atoms with Crippen LogP contribution >= 0.6 is 0 Å². The topological polar surface area (TPSA) is 41.1 Å². The van der Waals surface area contributed by atoms with Crippen LogP contribution in [-0.2, 0) is 0 Å². The summed E-state index contributed by atoms with van der Waals surface area (Å²) in [5.74, 6) is 0.744. The standard InChI is InChI=1S/C60H39N3O/c1-4-14-38(15-5-1)40-24-30-44(31-25-40)63(45-32-26-41(27-33-45)39-16-6-2-7-17-39)46-34-28-43(29-35-46)49-37-52-56-50(42-18-8-3-9-19-42)36-51-47-20-10-12-22-53(47)61-57(51)60(56)64-59(52)58-55(49)48-21-11-13-23-54(48)62-58/h1-37,49-50H. The predicted octanol–water partition coefficient (Wildman–Crippen LogP) is 11.9. The van der Waals surface area contributed by atoms with E-state index in [9.17, 15) is 0 Å². The number of anilines is 3. The van der Waals surface area contributed by atoms with Gasteiger partial charge in [-0.25, -0.2) is 9.98 Å². The largest absolute Gasteiger partial charge is 0.452 e. The van der Waals surface area contributed by atoms with Crippen LogP contribution in [0.1, 0.15) is 39.8 Å². The first-order valence-electron chi connectivity index (χ1n) is 22.0. The number of para-hydroxylation sites is 2. The van der Waals surface area contributed by atoms with E-state index in [4.69, 9.17) is 14.4 Å². The van der Waals surface area contributed by atoms with Gasteiger partial charge in [0.15, 0.2) is 11.2 Å². The zero-order valence-electron chi connectivity index (χ0n) is 34.8. The Kier molecular flexibility index (Phi) is 8.31.